The number of carbonyl (C=O) groups excluding carboxylic acids is 2. The molecule has 2 aromatic heterocycles. The quantitative estimate of drug-likeness (QED) is 0.500. The van der Waals surface area contributed by atoms with E-state index in [1.165, 1.54) is 0 Å². The first-order valence-electron chi connectivity index (χ1n) is 8.72. The number of rotatable bonds is 6. The van der Waals surface area contributed by atoms with Crippen molar-refractivity contribution in [1.82, 2.24) is 9.38 Å². The molecular weight excluding hydrogens is 366 g/mol. The topological polar surface area (TPSA) is 72.7 Å². The van der Waals surface area contributed by atoms with E-state index in [2.05, 4.69) is 10.3 Å². The number of hydrogen-bond acceptors (Lipinski definition) is 4. The number of aryl methyl sites for hydroxylation is 1. The minimum absolute atomic E-state index is 0.334. The van der Waals surface area contributed by atoms with E-state index in [0.717, 1.165) is 12.8 Å². The number of unbranched alkanes of at least 4 members (excludes halogenated alkanes) is 1. The van der Waals surface area contributed by atoms with Gasteiger partial charge in [-0.2, -0.15) is 0 Å². The van der Waals surface area contributed by atoms with Crippen LogP contribution < -0.4 is 5.32 Å². The van der Waals surface area contributed by atoms with Crippen molar-refractivity contribution in [3.63, 3.8) is 0 Å². The average Bonchev–Trinajstić information content (AvgIpc) is 2.97. The number of carbonyl (C=O) groups is 2. The van der Waals surface area contributed by atoms with Crippen LogP contribution in [0.1, 0.15) is 46.3 Å². The summed E-state index contributed by atoms with van der Waals surface area (Å²) in [6.07, 6.45) is 3.41. The van der Waals surface area contributed by atoms with Crippen LogP contribution in [-0.2, 0) is 4.74 Å². The van der Waals surface area contributed by atoms with Crippen LogP contribution in [0.15, 0.2) is 42.6 Å². The lowest BCUT2D eigenvalue weighted by molar-refractivity contribution is 0.0499. The lowest BCUT2D eigenvalue weighted by atomic mass is 10.2. The van der Waals surface area contributed by atoms with E-state index in [9.17, 15) is 9.59 Å². The van der Waals surface area contributed by atoms with Crippen LogP contribution in [0.2, 0.25) is 5.02 Å². The Morgan fingerprint density at radius 2 is 2.07 bits per heavy atom. The van der Waals surface area contributed by atoms with E-state index in [1.54, 1.807) is 53.9 Å². The summed E-state index contributed by atoms with van der Waals surface area (Å²) in [5, 5.41) is 3.31. The van der Waals surface area contributed by atoms with Gasteiger partial charge in [-0.3, -0.25) is 9.20 Å². The second-order valence-corrected chi connectivity index (χ2v) is 6.58. The summed E-state index contributed by atoms with van der Waals surface area (Å²) in [7, 11) is 0. The highest BCUT2D eigenvalue weighted by molar-refractivity contribution is 6.30. The molecule has 7 heteroatoms. The molecule has 0 radical (unpaired) electrons. The molecule has 3 aromatic rings. The van der Waals surface area contributed by atoms with E-state index in [4.69, 9.17) is 16.3 Å². The van der Waals surface area contributed by atoms with Crippen LogP contribution in [-0.4, -0.2) is 27.9 Å². The molecule has 0 aliphatic carbocycles. The second kappa shape index (κ2) is 8.22. The summed E-state index contributed by atoms with van der Waals surface area (Å²) >= 11 is 6.04. The van der Waals surface area contributed by atoms with Crippen LogP contribution >= 0.6 is 11.6 Å². The van der Waals surface area contributed by atoms with Crippen molar-refractivity contribution in [3.05, 3.63) is 64.6 Å². The third-order valence-electron chi connectivity index (χ3n) is 4.06. The normalized spacial score (nSPS) is 10.8. The number of halogens is 1. The van der Waals surface area contributed by atoms with E-state index >= 15 is 0 Å². The highest BCUT2D eigenvalue weighted by Gasteiger charge is 2.17. The molecule has 0 fully saturated rings. The number of nitrogens with one attached hydrogen (secondary N) is 1. The fourth-order valence-electron chi connectivity index (χ4n) is 2.72. The van der Waals surface area contributed by atoms with Crippen molar-refractivity contribution in [2.45, 2.75) is 26.7 Å². The van der Waals surface area contributed by atoms with Crippen LogP contribution in [0, 0.1) is 6.92 Å². The molecule has 140 valence electrons. The number of fused-ring (bicyclic) bond motifs is 1. The molecule has 6 nitrogen and oxygen atoms in total. The van der Waals surface area contributed by atoms with Gasteiger partial charge in [-0.05, 0) is 43.7 Å². The number of ether oxygens (including phenoxy) is 1. The Hall–Kier alpha value is -2.86. The summed E-state index contributed by atoms with van der Waals surface area (Å²) < 4.78 is 6.86. The number of esters is 1. The zero-order valence-corrected chi connectivity index (χ0v) is 15.9. The van der Waals surface area contributed by atoms with Gasteiger partial charge >= 0.3 is 5.97 Å². The third-order valence-corrected chi connectivity index (χ3v) is 4.28. The molecule has 0 saturated heterocycles. The zero-order valence-electron chi connectivity index (χ0n) is 15.2. The van der Waals surface area contributed by atoms with Crippen LogP contribution in [0.3, 0.4) is 0 Å². The van der Waals surface area contributed by atoms with Crippen LogP contribution in [0.25, 0.3) is 5.65 Å². The highest BCUT2D eigenvalue weighted by Crippen LogP contribution is 2.19. The first-order valence-corrected chi connectivity index (χ1v) is 9.10. The number of nitrogens with zero attached hydrogens (tertiary/aromatic N) is 2. The number of hydrogen-bond donors (Lipinski definition) is 1. The molecule has 0 aliphatic rings. The molecule has 2 heterocycles. The van der Waals surface area contributed by atoms with Gasteiger partial charge < -0.3 is 10.1 Å². The predicted molar refractivity (Wildman–Crippen MR) is 105 cm³/mol. The molecule has 0 bridgehead atoms. The summed E-state index contributed by atoms with van der Waals surface area (Å²) in [6.45, 7) is 4.17. The van der Waals surface area contributed by atoms with Crippen molar-refractivity contribution < 1.29 is 14.3 Å². The number of amides is 1. The maximum atomic E-state index is 12.8. The van der Waals surface area contributed by atoms with E-state index < -0.39 is 5.97 Å². The molecule has 0 saturated carbocycles. The summed E-state index contributed by atoms with van der Waals surface area (Å²) in [5.74, 6) is -0.740. The molecule has 0 atom stereocenters. The number of imidazole rings is 1. The molecule has 0 unspecified atom stereocenters. The molecule has 3 rings (SSSR count). The monoisotopic (exact) mass is 385 g/mol. The molecular formula is C20H20ClN3O3. The summed E-state index contributed by atoms with van der Waals surface area (Å²) in [4.78, 5) is 29.2. The minimum Gasteiger partial charge on any atom is -0.462 e. The van der Waals surface area contributed by atoms with Gasteiger partial charge in [-0.1, -0.05) is 31.0 Å². The Labute approximate surface area is 162 Å². The van der Waals surface area contributed by atoms with Crippen molar-refractivity contribution in [2.75, 3.05) is 11.9 Å². The number of aromatic nitrogens is 2. The standard InChI is InChI=1S/C20H20ClN3O3/c1-3-4-10-27-20(26)14-6-5-7-16(11-14)23-19(25)18-13(2)22-17-9-8-15(21)12-24(17)18/h5-9,11-12H,3-4,10H2,1-2H3,(H,23,25). The van der Waals surface area contributed by atoms with E-state index in [1.807, 2.05) is 6.92 Å². The van der Waals surface area contributed by atoms with Crippen molar-refractivity contribution in [2.24, 2.45) is 0 Å². The van der Waals surface area contributed by atoms with Gasteiger partial charge in [0, 0.05) is 11.9 Å². The molecule has 0 spiro atoms. The Morgan fingerprint density at radius 3 is 2.85 bits per heavy atom. The molecule has 27 heavy (non-hydrogen) atoms. The lowest BCUT2D eigenvalue weighted by Gasteiger charge is -2.08. The molecule has 1 aromatic carbocycles. The minimum atomic E-state index is -0.405. The Morgan fingerprint density at radius 1 is 1.26 bits per heavy atom. The zero-order chi connectivity index (χ0) is 19.4. The van der Waals surface area contributed by atoms with Crippen LogP contribution in [0.4, 0.5) is 5.69 Å². The Balaban J connectivity index is 1.81. The Kier molecular flexibility index (Phi) is 5.76. The van der Waals surface area contributed by atoms with E-state index in [-0.39, 0.29) is 5.91 Å². The van der Waals surface area contributed by atoms with Gasteiger partial charge in [0.2, 0.25) is 0 Å². The van der Waals surface area contributed by atoms with Gasteiger partial charge in [0.05, 0.1) is 22.9 Å². The number of pyridine rings is 1. The largest absolute Gasteiger partial charge is 0.462 e. The first-order chi connectivity index (χ1) is 13.0. The average molecular weight is 386 g/mol. The second-order valence-electron chi connectivity index (χ2n) is 6.15. The van der Waals surface area contributed by atoms with Gasteiger partial charge in [-0.25, -0.2) is 9.78 Å². The predicted octanol–water partition coefficient (Wildman–Crippen LogP) is 4.51. The maximum Gasteiger partial charge on any atom is 0.338 e. The fourth-order valence-corrected chi connectivity index (χ4v) is 2.88. The van der Waals surface area contributed by atoms with Crippen molar-refractivity contribution in [3.8, 4) is 0 Å². The smallest absolute Gasteiger partial charge is 0.338 e. The van der Waals surface area contributed by atoms with Crippen molar-refractivity contribution >= 4 is 34.8 Å². The number of benzene rings is 1. The van der Waals surface area contributed by atoms with Gasteiger partial charge in [-0.15, -0.1) is 0 Å². The van der Waals surface area contributed by atoms with E-state index in [0.29, 0.717) is 39.9 Å². The highest BCUT2D eigenvalue weighted by atomic mass is 35.5. The SMILES string of the molecule is CCCCOC(=O)c1cccc(NC(=O)c2c(C)nc3ccc(Cl)cn23)c1. The number of anilines is 1. The van der Waals surface area contributed by atoms with Crippen molar-refractivity contribution in [1.29, 1.82) is 0 Å². The van der Waals surface area contributed by atoms with Crippen LogP contribution in [0.5, 0.6) is 0 Å². The fraction of sp³-hybridized carbons (Fsp3) is 0.250. The molecule has 0 aliphatic heterocycles. The third kappa shape index (κ3) is 4.28. The van der Waals surface area contributed by atoms with Gasteiger partial charge in [0.25, 0.3) is 5.91 Å². The Bertz CT molecular complexity index is 997. The van der Waals surface area contributed by atoms with Gasteiger partial charge in [0.1, 0.15) is 11.3 Å². The van der Waals surface area contributed by atoms with Gasteiger partial charge in [0.15, 0.2) is 0 Å². The lowest BCUT2D eigenvalue weighted by Crippen LogP contribution is -2.16. The first kappa shape index (κ1) is 18.9. The molecule has 1 N–H and O–H groups in total. The summed E-state index contributed by atoms with van der Waals surface area (Å²) in [6, 6.07) is 10.1. The molecule has 1 amide bonds. The maximum absolute atomic E-state index is 12.8. The summed E-state index contributed by atoms with van der Waals surface area (Å²) in [5.41, 5.74) is 2.51.